The number of nitrogen functional groups attached to an aromatic ring is 1. The molecule has 17 heavy (non-hydrogen) atoms. The van der Waals surface area contributed by atoms with E-state index in [0.717, 1.165) is 11.6 Å². The maximum Gasteiger partial charge on any atom is 0.0602 e. The Bertz CT molecular complexity index is 365. The van der Waals surface area contributed by atoms with E-state index in [1.165, 1.54) is 50.0 Å². The summed E-state index contributed by atoms with van der Waals surface area (Å²) in [5.41, 5.74) is 9.53. The van der Waals surface area contributed by atoms with Crippen LogP contribution in [0, 0.1) is 12.8 Å². The van der Waals surface area contributed by atoms with Crippen LogP contribution in [0.3, 0.4) is 0 Å². The number of nitrogens with two attached hydrogens (primary N) is 1. The molecule has 1 aliphatic heterocycles. The van der Waals surface area contributed by atoms with E-state index in [1.807, 2.05) is 6.07 Å². The molecule has 0 aromatic heterocycles. The quantitative estimate of drug-likeness (QED) is 0.807. The van der Waals surface area contributed by atoms with Crippen molar-refractivity contribution in [1.29, 1.82) is 0 Å². The fourth-order valence-electron chi connectivity index (χ4n) is 2.80. The van der Waals surface area contributed by atoms with E-state index in [9.17, 15) is 0 Å². The van der Waals surface area contributed by atoms with Crippen molar-refractivity contribution >= 4 is 11.4 Å². The first-order valence-corrected chi connectivity index (χ1v) is 6.81. The number of hydrogen-bond acceptors (Lipinski definition) is 2. The monoisotopic (exact) mass is 232 g/mol. The minimum Gasteiger partial charge on any atom is -0.397 e. The Hall–Kier alpha value is -1.18. The van der Waals surface area contributed by atoms with Crippen molar-refractivity contribution in [3.8, 4) is 0 Å². The van der Waals surface area contributed by atoms with Crippen molar-refractivity contribution in [2.45, 2.75) is 39.5 Å². The summed E-state index contributed by atoms with van der Waals surface area (Å²) in [5.74, 6) is 0.933. The van der Waals surface area contributed by atoms with Crippen LogP contribution in [-0.4, -0.2) is 13.1 Å². The van der Waals surface area contributed by atoms with Crippen molar-refractivity contribution < 1.29 is 0 Å². The van der Waals surface area contributed by atoms with E-state index in [2.05, 4.69) is 30.9 Å². The van der Waals surface area contributed by atoms with Crippen molar-refractivity contribution in [3.05, 3.63) is 23.8 Å². The number of aryl methyl sites for hydroxylation is 1. The van der Waals surface area contributed by atoms with Gasteiger partial charge in [-0.05, 0) is 43.4 Å². The lowest BCUT2D eigenvalue weighted by Crippen LogP contribution is -2.34. The third-order valence-electron chi connectivity index (χ3n) is 3.84. The molecule has 2 heteroatoms. The highest BCUT2D eigenvalue weighted by Crippen LogP contribution is 2.30. The van der Waals surface area contributed by atoms with Gasteiger partial charge in [-0.25, -0.2) is 0 Å². The fourth-order valence-corrected chi connectivity index (χ4v) is 2.80. The van der Waals surface area contributed by atoms with Crippen molar-refractivity contribution in [3.63, 3.8) is 0 Å². The van der Waals surface area contributed by atoms with Gasteiger partial charge in [0.2, 0.25) is 0 Å². The average Bonchev–Trinajstić information content (AvgIpc) is 2.34. The molecule has 1 heterocycles. The summed E-state index contributed by atoms with van der Waals surface area (Å²) >= 11 is 0. The van der Waals surface area contributed by atoms with Crippen LogP contribution in [0.5, 0.6) is 0 Å². The lowest BCUT2D eigenvalue weighted by molar-refractivity contribution is 0.378. The first-order valence-electron chi connectivity index (χ1n) is 6.81. The first-order chi connectivity index (χ1) is 8.20. The second kappa shape index (κ2) is 5.44. The van der Waals surface area contributed by atoms with E-state index >= 15 is 0 Å². The first kappa shape index (κ1) is 12.3. The van der Waals surface area contributed by atoms with Crippen LogP contribution in [0.15, 0.2) is 18.2 Å². The molecule has 1 aliphatic rings. The summed E-state index contributed by atoms with van der Waals surface area (Å²) in [6, 6.07) is 6.33. The predicted octanol–water partition coefficient (Wildman–Crippen LogP) is 3.59. The molecule has 0 unspecified atom stereocenters. The van der Waals surface area contributed by atoms with Gasteiger partial charge in [0.25, 0.3) is 0 Å². The Balaban J connectivity index is 2.02. The Morgan fingerprint density at radius 1 is 1.29 bits per heavy atom. The molecule has 1 aromatic rings. The number of rotatable bonds is 3. The van der Waals surface area contributed by atoms with Gasteiger partial charge in [0.1, 0.15) is 0 Å². The van der Waals surface area contributed by atoms with Gasteiger partial charge in [-0.2, -0.15) is 0 Å². The van der Waals surface area contributed by atoms with E-state index in [1.54, 1.807) is 0 Å². The Labute approximate surface area is 105 Å². The number of hydrogen-bond donors (Lipinski definition) is 1. The molecule has 1 fully saturated rings. The second-order valence-corrected chi connectivity index (χ2v) is 5.28. The zero-order valence-corrected chi connectivity index (χ0v) is 11.1. The Morgan fingerprint density at radius 2 is 2.00 bits per heavy atom. The van der Waals surface area contributed by atoms with Crippen LogP contribution in [0.1, 0.15) is 38.2 Å². The highest BCUT2D eigenvalue weighted by atomic mass is 15.1. The Morgan fingerprint density at radius 3 is 2.65 bits per heavy atom. The summed E-state index contributed by atoms with van der Waals surface area (Å²) in [6.07, 6.45) is 5.34. The Kier molecular flexibility index (Phi) is 3.93. The number of nitrogens with zero attached hydrogens (tertiary/aromatic N) is 1. The smallest absolute Gasteiger partial charge is 0.0602 e. The van der Waals surface area contributed by atoms with Gasteiger partial charge in [-0.3, -0.25) is 0 Å². The van der Waals surface area contributed by atoms with Gasteiger partial charge in [0.05, 0.1) is 11.4 Å². The highest BCUT2D eigenvalue weighted by molar-refractivity contribution is 5.68. The van der Waals surface area contributed by atoms with Crippen LogP contribution in [0.25, 0.3) is 0 Å². The zero-order chi connectivity index (χ0) is 12.3. The maximum absolute atomic E-state index is 6.07. The van der Waals surface area contributed by atoms with E-state index < -0.39 is 0 Å². The molecule has 0 saturated carbocycles. The van der Waals surface area contributed by atoms with Crippen LogP contribution in [0.4, 0.5) is 11.4 Å². The molecule has 0 atom stereocenters. The van der Waals surface area contributed by atoms with Gasteiger partial charge >= 0.3 is 0 Å². The maximum atomic E-state index is 6.07. The molecular weight excluding hydrogens is 208 g/mol. The van der Waals surface area contributed by atoms with Gasteiger partial charge in [-0.1, -0.05) is 25.8 Å². The molecule has 94 valence electrons. The normalized spacial score (nSPS) is 17.4. The van der Waals surface area contributed by atoms with Gasteiger partial charge in [0, 0.05) is 13.1 Å². The summed E-state index contributed by atoms with van der Waals surface area (Å²) in [6.45, 7) is 6.74. The second-order valence-electron chi connectivity index (χ2n) is 5.28. The van der Waals surface area contributed by atoms with Crippen LogP contribution in [-0.2, 0) is 0 Å². The molecule has 2 N–H and O–H groups in total. The molecule has 1 aromatic carbocycles. The van der Waals surface area contributed by atoms with Gasteiger partial charge in [-0.15, -0.1) is 0 Å². The largest absolute Gasteiger partial charge is 0.397 e. The average molecular weight is 232 g/mol. The van der Waals surface area contributed by atoms with Crippen LogP contribution >= 0.6 is 0 Å². The minimum absolute atomic E-state index is 0.921. The molecule has 0 aliphatic carbocycles. The molecular formula is C15H24N2. The van der Waals surface area contributed by atoms with Crippen molar-refractivity contribution in [2.24, 2.45) is 5.92 Å². The van der Waals surface area contributed by atoms with E-state index in [4.69, 9.17) is 5.73 Å². The van der Waals surface area contributed by atoms with E-state index in [0.29, 0.717) is 0 Å². The third-order valence-corrected chi connectivity index (χ3v) is 3.84. The lowest BCUT2D eigenvalue weighted by atomic mass is 9.92. The number of benzene rings is 1. The lowest BCUT2D eigenvalue weighted by Gasteiger charge is -2.34. The number of piperidine rings is 1. The summed E-state index contributed by atoms with van der Waals surface area (Å²) in [4.78, 5) is 2.45. The number of anilines is 2. The molecule has 0 radical (unpaired) electrons. The molecule has 0 bridgehead atoms. The molecule has 2 rings (SSSR count). The molecule has 2 nitrogen and oxygen atoms in total. The van der Waals surface area contributed by atoms with Crippen LogP contribution < -0.4 is 10.6 Å². The third kappa shape index (κ3) is 2.93. The zero-order valence-electron chi connectivity index (χ0n) is 11.1. The highest BCUT2D eigenvalue weighted by Gasteiger charge is 2.19. The SMILES string of the molecule is CCCC1CCN(c2cc(C)ccc2N)CC1. The molecule has 0 spiro atoms. The van der Waals surface area contributed by atoms with Crippen molar-refractivity contribution in [2.75, 3.05) is 23.7 Å². The van der Waals surface area contributed by atoms with Crippen LogP contribution in [0.2, 0.25) is 0 Å². The topological polar surface area (TPSA) is 29.3 Å². The van der Waals surface area contributed by atoms with Gasteiger partial charge in [0.15, 0.2) is 0 Å². The van der Waals surface area contributed by atoms with E-state index in [-0.39, 0.29) is 0 Å². The van der Waals surface area contributed by atoms with Gasteiger partial charge < -0.3 is 10.6 Å². The van der Waals surface area contributed by atoms with Crippen molar-refractivity contribution in [1.82, 2.24) is 0 Å². The predicted molar refractivity (Wildman–Crippen MR) is 75.4 cm³/mol. The summed E-state index contributed by atoms with van der Waals surface area (Å²) < 4.78 is 0. The minimum atomic E-state index is 0.921. The fraction of sp³-hybridized carbons (Fsp3) is 0.600. The summed E-state index contributed by atoms with van der Waals surface area (Å²) in [5, 5.41) is 0. The molecule has 0 amide bonds. The standard InChI is InChI=1S/C15H24N2/c1-3-4-13-7-9-17(10-8-13)15-11-12(2)5-6-14(15)16/h5-6,11,13H,3-4,7-10,16H2,1-2H3. The molecule has 1 saturated heterocycles. The summed E-state index contributed by atoms with van der Waals surface area (Å²) in [7, 11) is 0.